The summed E-state index contributed by atoms with van der Waals surface area (Å²) in [5, 5.41) is 49.1. The van der Waals surface area contributed by atoms with Crippen molar-refractivity contribution in [3.63, 3.8) is 0 Å². The Bertz CT molecular complexity index is 367. The molecule has 0 amide bonds. The van der Waals surface area contributed by atoms with Crippen molar-refractivity contribution in [2.24, 2.45) is 0 Å². The lowest BCUT2D eigenvalue weighted by atomic mass is 9.99. The number of aliphatic hydroxyl groups is 5. The number of ether oxygens (including phenoxy) is 5. The van der Waals surface area contributed by atoms with Gasteiger partial charge in [0.05, 0.1) is 13.2 Å². The van der Waals surface area contributed by atoms with E-state index in [0.717, 1.165) is 0 Å². The first-order valence-corrected chi connectivity index (χ1v) is 7.25. The zero-order valence-electron chi connectivity index (χ0n) is 12.9. The average molecular weight is 340 g/mol. The van der Waals surface area contributed by atoms with Crippen LogP contribution in [0, 0.1) is 0 Å². The van der Waals surface area contributed by atoms with Crippen LogP contribution in [-0.2, 0) is 23.7 Å². The van der Waals surface area contributed by atoms with Gasteiger partial charge in [-0.2, -0.15) is 0 Å². The Labute approximate surface area is 133 Å². The van der Waals surface area contributed by atoms with Crippen molar-refractivity contribution in [1.29, 1.82) is 0 Å². The lowest BCUT2D eigenvalue weighted by Crippen LogP contribution is -2.62. The number of rotatable bonds is 5. The maximum absolute atomic E-state index is 10.1. The quantitative estimate of drug-likeness (QED) is 0.342. The molecule has 2 rings (SSSR count). The first-order chi connectivity index (χ1) is 10.9. The first-order valence-electron chi connectivity index (χ1n) is 7.25. The minimum atomic E-state index is -1.51. The predicted octanol–water partition coefficient (Wildman–Crippen LogP) is -3.45. The largest absolute Gasteiger partial charge is 0.388 e. The Hall–Kier alpha value is -0.400. The van der Waals surface area contributed by atoms with Crippen LogP contribution in [0.15, 0.2) is 0 Å². The van der Waals surface area contributed by atoms with E-state index in [0.29, 0.717) is 0 Å². The highest BCUT2D eigenvalue weighted by Gasteiger charge is 2.48. The fourth-order valence-electron chi connectivity index (χ4n) is 2.60. The molecular weight excluding hydrogens is 316 g/mol. The molecule has 0 aliphatic carbocycles. The summed E-state index contributed by atoms with van der Waals surface area (Å²) in [4.78, 5) is 0. The van der Waals surface area contributed by atoms with Gasteiger partial charge in [0.2, 0.25) is 0 Å². The third kappa shape index (κ3) is 3.99. The van der Waals surface area contributed by atoms with Gasteiger partial charge in [-0.25, -0.2) is 0 Å². The summed E-state index contributed by atoms with van der Waals surface area (Å²) in [7, 11) is 2.71. The van der Waals surface area contributed by atoms with Crippen molar-refractivity contribution in [2.45, 2.75) is 55.3 Å². The normalized spacial score (nSPS) is 48.4. The lowest BCUT2D eigenvalue weighted by Gasteiger charge is -2.44. The summed E-state index contributed by atoms with van der Waals surface area (Å²) < 4.78 is 26.1. The molecule has 0 radical (unpaired) electrons. The van der Waals surface area contributed by atoms with E-state index in [1.165, 1.54) is 14.2 Å². The Balaban J connectivity index is 2.06. The molecule has 136 valence electrons. The van der Waals surface area contributed by atoms with Gasteiger partial charge >= 0.3 is 0 Å². The second-order valence-corrected chi connectivity index (χ2v) is 5.57. The van der Waals surface area contributed by atoms with Crippen molar-refractivity contribution in [3.8, 4) is 0 Å². The fraction of sp³-hybridized carbons (Fsp3) is 1.00. The van der Waals surface area contributed by atoms with Gasteiger partial charge in [-0.1, -0.05) is 0 Å². The Morgan fingerprint density at radius 3 is 2.22 bits per heavy atom. The molecule has 2 aliphatic heterocycles. The van der Waals surface area contributed by atoms with Crippen LogP contribution in [0.1, 0.15) is 0 Å². The number of hydrogen-bond donors (Lipinski definition) is 5. The minimum absolute atomic E-state index is 0.00391. The standard InChI is InChI=1S/C13H24O10/c1-19-4-6-8(16)9(17)11(20-2)13(22-6)23-12-10(18)7(15)5(14)3-21-12/h5-18H,3-4H2,1-2H3. The van der Waals surface area contributed by atoms with Gasteiger partial charge < -0.3 is 49.2 Å². The maximum Gasteiger partial charge on any atom is 0.190 e. The molecule has 0 saturated carbocycles. The molecule has 0 bridgehead atoms. The molecule has 2 heterocycles. The Kier molecular flexibility index (Phi) is 6.68. The topological polar surface area (TPSA) is 147 Å². The third-order valence-electron chi connectivity index (χ3n) is 3.97. The van der Waals surface area contributed by atoms with Gasteiger partial charge in [0.15, 0.2) is 12.6 Å². The minimum Gasteiger partial charge on any atom is -0.388 e. The van der Waals surface area contributed by atoms with E-state index in [4.69, 9.17) is 23.7 Å². The monoisotopic (exact) mass is 340 g/mol. The van der Waals surface area contributed by atoms with E-state index >= 15 is 0 Å². The van der Waals surface area contributed by atoms with Crippen molar-refractivity contribution in [1.82, 2.24) is 0 Å². The van der Waals surface area contributed by atoms with Gasteiger partial charge in [0.1, 0.15) is 42.7 Å². The molecule has 9 unspecified atom stereocenters. The predicted molar refractivity (Wildman–Crippen MR) is 72.2 cm³/mol. The van der Waals surface area contributed by atoms with Crippen LogP contribution in [0.2, 0.25) is 0 Å². The summed E-state index contributed by atoms with van der Waals surface area (Å²) in [6.07, 6.45) is -11.1. The molecule has 5 N–H and O–H groups in total. The van der Waals surface area contributed by atoms with E-state index in [-0.39, 0.29) is 13.2 Å². The zero-order chi connectivity index (χ0) is 17.1. The smallest absolute Gasteiger partial charge is 0.190 e. The number of methoxy groups -OCH3 is 2. The molecule has 0 aromatic rings. The molecule has 0 aromatic carbocycles. The van der Waals surface area contributed by atoms with E-state index in [1.807, 2.05) is 0 Å². The molecule has 10 nitrogen and oxygen atoms in total. The SMILES string of the molecule is COCC1OC(OC2OCC(O)C(O)C2O)C(OC)C(O)C1O. The van der Waals surface area contributed by atoms with E-state index in [9.17, 15) is 25.5 Å². The molecule has 2 saturated heterocycles. The molecule has 2 fully saturated rings. The van der Waals surface area contributed by atoms with Crippen LogP contribution in [0.3, 0.4) is 0 Å². The Morgan fingerprint density at radius 1 is 0.913 bits per heavy atom. The molecule has 10 heteroatoms. The van der Waals surface area contributed by atoms with Gasteiger partial charge in [0.25, 0.3) is 0 Å². The molecular formula is C13H24O10. The fourth-order valence-corrected chi connectivity index (χ4v) is 2.60. The Morgan fingerprint density at radius 2 is 1.61 bits per heavy atom. The molecule has 23 heavy (non-hydrogen) atoms. The van der Waals surface area contributed by atoms with Gasteiger partial charge in [0, 0.05) is 14.2 Å². The molecule has 2 aliphatic rings. The van der Waals surface area contributed by atoms with Gasteiger partial charge in [-0.05, 0) is 0 Å². The van der Waals surface area contributed by atoms with E-state index in [2.05, 4.69) is 0 Å². The van der Waals surface area contributed by atoms with Crippen molar-refractivity contribution < 1.29 is 49.2 Å². The maximum atomic E-state index is 10.1. The van der Waals surface area contributed by atoms with E-state index in [1.54, 1.807) is 0 Å². The van der Waals surface area contributed by atoms with Gasteiger partial charge in [-0.3, -0.25) is 0 Å². The van der Waals surface area contributed by atoms with Crippen LogP contribution in [0.25, 0.3) is 0 Å². The van der Waals surface area contributed by atoms with Crippen LogP contribution < -0.4 is 0 Å². The highest BCUT2D eigenvalue weighted by Crippen LogP contribution is 2.27. The van der Waals surface area contributed by atoms with Crippen LogP contribution in [0.4, 0.5) is 0 Å². The lowest BCUT2D eigenvalue weighted by molar-refractivity contribution is -0.367. The average Bonchev–Trinajstić information content (AvgIpc) is 2.53. The molecule has 9 atom stereocenters. The van der Waals surface area contributed by atoms with Crippen LogP contribution in [-0.4, -0.2) is 108 Å². The van der Waals surface area contributed by atoms with E-state index < -0.39 is 55.3 Å². The number of aliphatic hydroxyl groups excluding tert-OH is 5. The van der Waals surface area contributed by atoms with Crippen molar-refractivity contribution in [2.75, 3.05) is 27.4 Å². The summed E-state index contributed by atoms with van der Waals surface area (Å²) in [6, 6.07) is 0. The molecule has 0 aromatic heterocycles. The summed E-state index contributed by atoms with van der Waals surface area (Å²) >= 11 is 0. The summed E-state index contributed by atoms with van der Waals surface area (Å²) in [5.74, 6) is 0. The summed E-state index contributed by atoms with van der Waals surface area (Å²) in [6.45, 7) is -0.232. The third-order valence-corrected chi connectivity index (χ3v) is 3.97. The second-order valence-electron chi connectivity index (χ2n) is 5.57. The highest BCUT2D eigenvalue weighted by atomic mass is 16.8. The first kappa shape index (κ1) is 18.9. The van der Waals surface area contributed by atoms with Crippen molar-refractivity contribution >= 4 is 0 Å². The molecule has 0 spiro atoms. The number of hydrogen-bond acceptors (Lipinski definition) is 10. The van der Waals surface area contributed by atoms with Crippen molar-refractivity contribution in [3.05, 3.63) is 0 Å². The second kappa shape index (κ2) is 8.12. The van der Waals surface area contributed by atoms with Gasteiger partial charge in [-0.15, -0.1) is 0 Å². The van der Waals surface area contributed by atoms with Crippen LogP contribution >= 0.6 is 0 Å². The summed E-state index contributed by atoms with van der Waals surface area (Å²) in [5.41, 5.74) is 0. The zero-order valence-corrected chi connectivity index (χ0v) is 12.9. The van der Waals surface area contributed by atoms with Crippen LogP contribution in [0.5, 0.6) is 0 Å². The highest BCUT2D eigenvalue weighted by molar-refractivity contribution is 4.91.